The Morgan fingerprint density at radius 3 is 2.75 bits per heavy atom. The zero-order valence-electron chi connectivity index (χ0n) is 7.38. The van der Waals surface area contributed by atoms with Crippen molar-refractivity contribution in [2.45, 2.75) is 43.5 Å². The van der Waals surface area contributed by atoms with E-state index in [9.17, 15) is 0 Å². The van der Waals surface area contributed by atoms with Gasteiger partial charge in [-0.2, -0.15) is 0 Å². The molecule has 1 saturated carbocycles. The van der Waals surface area contributed by atoms with Gasteiger partial charge in [-0.25, -0.2) is 0 Å². The van der Waals surface area contributed by atoms with Crippen LogP contribution in [0.5, 0.6) is 0 Å². The first kappa shape index (κ1) is 8.58. The molecule has 0 atom stereocenters. The number of rotatable bonds is 1. The number of amidine groups is 1. The summed E-state index contributed by atoms with van der Waals surface area (Å²) in [5.74, 6) is 0. The number of hydrogen-bond acceptors (Lipinski definition) is 2. The quantitative estimate of drug-likeness (QED) is 0.678. The minimum atomic E-state index is 0.678. The van der Waals surface area contributed by atoms with Crippen LogP contribution in [-0.2, 0) is 0 Å². The fourth-order valence-electron chi connectivity index (χ4n) is 1.84. The van der Waals surface area contributed by atoms with Crippen LogP contribution in [0.3, 0.4) is 0 Å². The fraction of sp³-hybridized carbons (Fsp3) is 0.889. The molecule has 2 aliphatic rings. The second-order valence-electron chi connectivity index (χ2n) is 3.51. The first-order valence-corrected chi connectivity index (χ1v) is 6.96. The van der Waals surface area contributed by atoms with E-state index in [0.717, 1.165) is 12.6 Å². The molecule has 0 spiro atoms. The zero-order valence-corrected chi connectivity index (χ0v) is 9.10. The van der Waals surface area contributed by atoms with E-state index in [1.807, 2.05) is 0 Å². The molecule has 0 bridgehead atoms. The van der Waals surface area contributed by atoms with Gasteiger partial charge in [0.1, 0.15) is 0 Å². The number of hydrogen-bond donors (Lipinski definition) is 1. The third-order valence-electron chi connectivity index (χ3n) is 2.52. The van der Waals surface area contributed by atoms with Gasteiger partial charge in [-0.05, 0) is 0 Å². The van der Waals surface area contributed by atoms with Crippen molar-refractivity contribution in [3.63, 3.8) is 0 Å². The second-order valence-corrected chi connectivity index (χ2v) is 5.79. The molecule has 1 heterocycles. The first-order chi connectivity index (χ1) is 5.95. The van der Waals surface area contributed by atoms with E-state index >= 15 is 0 Å². The summed E-state index contributed by atoms with van der Waals surface area (Å²) in [7, 11) is 0. The van der Waals surface area contributed by atoms with Gasteiger partial charge in [0.2, 0.25) is 0 Å². The molecule has 1 aliphatic carbocycles. The normalized spacial score (nSPS) is 25.5. The fourth-order valence-corrected chi connectivity index (χ4v) is 3.54. The molecule has 0 aromatic heterocycles. The topological polar surface area (TPSA) is 24.4 Å². The van der Waals surface area contributed by atoms with Gasteiger partial charge < -0.3 is 0 Å². The molecule has 2 nitrogen and oxygen atoms in total. The van der Waals surface area contributed by atoms with Crippen LogP contribution in [0.2, 0.25) is 5.32 Å². The first-order valence-electron chi connectivity index (χ1n) is 4.89. The van der Waals surface area contributed by atoms with E-state index in [-0.39, 0.29) is 0 Å². The predicted octanol–water partition coefficient (Wildman–Crippen LogP) is 1.40. The van der Waals surface area contributed by atoms with E-state index in [1.165, 1.54) is 42.2 Å². The van der Waals surface area contributed by atoms with E-state index in [1.54, 1.807) is 0 Å². The molecule has 68 valence electrons. The van der Waals surface area contributed by atoms with Crippen molar-refractivity contribution in [2.24, 2.45) is 4.99 Å². The van der Waals surface area contributed by atoms with Crippen molar-refractivity contribution in [1.29, 1.82) is 0 Å². The minimum absolute atomic E-state index is 0.678. The average Bonchev–Trinajstić information content (AvgIpc) is 2.59. The van der Waals surface area contributed by atoms with Gasteiger partial charge in [0.25, 0.3) is 0 Å². The molecular formula is C9H16N2Se. The molecule has 0 aromatic rings. The Labute approximate surface area is 80.4 Å². The Balaban J connectivity index is 1.77. The van der Waals surface area contributed by atoms with Crippen molar-refractivity contribution in [2.75, 3.05) is 6.54 Å². The van der Waals surface area contributed by atoms with Crippen molar-refractivity contribution in [3.05, 3.63) is 0 Å². The molecule has 3 heteroatoms. The molecule has 0 radical (unpaired) electrons. The van der Waals surface area contributed by atoms with Crippen LogP contribution < -0.4 is 5.32 Å². The SMILES string of the molecule is C1CCC(NC2=NCC[Se]2)CC1. The van der Waals surface area contributed by atoms with Gasteiger partial charge in [0.05, 0.1) is 0 Å². The molecular weight excluding hydrogens is 215 g/mol. The predicted molar refractivity (Wildman–Crippen MR) is 52.9 cm³/mol. The van der Waals surface area contributed by atoms with Gasteiger partial charge in [-0.3, -0.25) is 0 Å². The van der Waals surface area contributed by atoms with Crippen molar-refractivity contribution >= 4 is 19.7 Å². The molecule has 0 amide bonds. The summed E-state index contributed by atoms with van der Waals surface area (Å²) in [5, 5.41) is 4.92. The van der Waals surface area contributed by atoms with Gasteiger partial charge in [0, 0.05) is 0 Å². The maximum atomic E-state index is 4.46. The summed E-state index contributed by atoms with van der Waals surface area (Å²) < 4.78 is 1.34. The van der Waals surface area contributed by atoms with E-state index in [2.05, 4.69) is 10.3 Å². The third kappa shape index (κ3) is 2.24. The standard InChI is InChI=1S/C9H16N2Se/c1-2-4-8(5-3-1)11-9-10-6-7-12-9/h8H,1-7H2,(H,10,11). The van der Waals surface area contributed by atoms with E-state index < -0.39 is 0 Å². The number of nitrogens with zero attached hydrogens (tertiary/aromatic N) is 1. The number of aliphatic imine (C=N–C) groups is 1. The van der Waals surface area contributed by atoms with Crippen LogP contribution in [0, 0.1) is 0 Å². The van der Waals surface area contributed by atoms with Crippen LogP contribution in [0.1, 0.15) is 32.1 Å². The summed E-state index contributed by atoms with van der Waals surface area (Å²) in [6.45, 7) is 1.08. The molecule has 0 unspecified atom stereocenters. The summed E-state index contributed by atoms with van der Waals surface area (Å²) in [6.07, 6.45) is 7.01. The Kier molecular flexibility index (Phi) is 3.07. The molecule has 0 saturated heterocycles. The molecule has 1 fully saturated rings. The monoisotopic (exact) mass is 232 g/mol. The summed E-state index contributed by atoms with van der Waals surface area (Å²) in [6, 6.07) is 0.762. The molecule has 1 aliphatic heterocycles. The van der Waals surface area contributed by atoms with Crippen molar-refractivity contribution in [3.8, 4) is 0 Å². The van der Waals surface area contributed by atoms with Crippen molar-refractivity contribution < 1.29 is 0 Å². The van der Waals surface area contributed by atoms with Crippen LogP contribution in [0.4, 0.5) is 0 Å². The Bertz CT molecular complexity index is 173. The van der Waals surface area contributed by atoms with Gasteiger partial charge >= 0.3 is 80.0 Å². The summed E-state index contributed by atoms with van der Waals surface area (Å²) in [5.41, 5.74) is 0. The average molecular weight is 231 g/mol. The molecule has 1 N–H and O–H groups in total. The van der Waals surface area contributed by atoms with E-state index in [0.29, 0.717) is 15.0 Å². The summed E-state index contributed by atoms with van der Waals surface area (Å²) >= 11 is 0.678. The number of nitrogens with one attached hydrogen (secondary N) is 1. The van der Waals surface area contributed by atoms with Crippen LogP contribution in [-0.4, -0.2) is 32.3 Å². The van der Waals surface area contributed by atoms with Crippen LogP contribution in [0.15, 0.2) is 4.99 Å². The Hall–Kier alpha value is -0.0105. The Morgan fingerprint density at radius 1 is 1.25 bits per heavy atom. The van der Waals surface area contributed by atoms with Crippen molar-refractivity contribution in [1.82, 2.24) is 5.32 Å². The molecule has 12 heavy (non-hydrogen) atoms. The Morgan fingerprint density at radius 2 is 2.08 bits per heavy atom. The van der Waals surface area contributed by atoms with E-state index in [4.69, 9.17) is 0 Å². The summed E-state index contributed by atoms with van der Waals surface area (Å²) in [4.78, 5) is 4.46. The van der Waals surface area contributed by atoms with Crippen LogP contribution in [0.25, 0.3) is 0 Å². The molecule has 2 rings (SSSR count). The van der Waals surface area contributed by atoms with Gasteiger partial charge in [-0.15, -0.1) is 0 Å². The zero-order chi connectivity index (χ0) is 8.23. The second kappa shape index (κ2) is 4.29. The van der Waals surface area contributed by atoms with Gasteiger partial charge in [0.15, 0.2) is 0 Å². The van der Waals surface area contributed by atoms with Gasteiger partial charge in [-0.1, -0.05) is 0 Å². The molecule has 0 aromatic carbocycles. The maximum absolute atomic E-state index is 4.46. The third-order valence-corrected chi connectivity index (χ3v) is 4.42. The van der Waals surface area contributed by atoms with Crippen LogP contribution >= 0.6 is 0 Å².